The molecule has 0 heterocycles. The highest BCUT2D eigenvalue weighted by molar-refractivity contribution is 5.94. The number of benzene rings is 1. The van der Waals surface area contributed by atoms with Crippen molar-refractivity contribution < 1.29 is 19.2 Å². The average molecular weight is 280 g/mol. The fraction of sp³-hybridized carbons (Fsp3) is 0.385. The van der Waals surface area contributed by atoms with Crippen molar-refractivity contribution >= 4 is 23.3 Å². The van der Waals surface area contributed by atoms with Gasteiger partial charge in [0.2, 0.25) is 5.91 Å². The number of anilines is 1. The molecule has 1 rings (SSSR count). The lowest BCUT2D eigenvalue weighted by molar-refractivity contribution is -0.384. The highest BCUT2D eigenvalue weighted by Gasteiger charge is 2.25. The zero-order valence-electron chi connectivity index (χ0n) is 11.5. The number of amides is 1. The Kier molecular flexibility index (Phi) is 5.19. The maximum Gasteiger partial charge on any atom is 0.310 e. The Morgan fingerprint density at radius 3 is 2.50 bits per heavy atom. The van der Waals surface area contributed by atoms with Gasteiger partial charge in [-0.15, -0.1) is 0 Å². The lowest BCUT2D eigenvalue weighted by Crippen LogP contribution is -2.36. The highest BCUT2D eigenvalue weighted by atomic mass is 16.6. The van der Waals surface area contributed by atoms with E-state index in [0.29, 0.717) is 0 Å². The number of ether oxygens (including phenoxy) is 1. The minimum absolute atomic E-state index is 0.0207. The first-order valence-corrected chi connectivity index (χ1v) is 5.97. The summed E-state index contributed by atoms with van der Waals surface area (Å²) in [5.74, 6) is -1.44. The van der Waals surface area contributed by atoms with Gasteiger partial charge in [0.05, 0.1) is 18.0 Å². The second-order valence-electron chi connectivity index (χ2n) is 4.30. The largest absolute Gasteiger partial charge is 0.469 e. The molecule has 0 saturated carbocycles. The summed E-state index contributed by atoms with van der Waals surface area (Å²) >= 11 is 0. The topological polar surface area (TPSA) is 89.8 Å². The fourth-order valence-electron chi connectivity index (χ4n) is 1.79. The van der Waals surface area contributed by atoms with E-state index in [1.165, 1.54) is 37.1 Å². The summed E-state index contributed by atoms with van der Waals surface area (Å²) in [4.78, 5) is 34.8. The van der Waals surface area contributed by atoms with Gasteiger partial charge >= 0.3 is 5.97 Å². The molecule has 1 amide bonds. The predicted molar refractivity (Wildman–Crippen MR) is 72.3 cm³/mol. The molecule has 108 valence electrons. The van der Waals surface area contributed by atoms with Gasteiger partial charge in [0, 0.05) is 19.5 Å². The molecular formula is C13H16N2O5. The Balaban J connectivity index is 3.12. The summed E-state index contributed by atoms with van der Waals surface area (Å²) in [7, 11) is 1.25. The molecule has 0 aromatic heterocycles. The Morgan fingerprint density at radius 1 is 1.40 bits per heavy atom. The van der Waals surface area contributed by atoms with E-state index in [1.807, 2.05) is 0 Å². The zero-order chi connectivity index (χ0) is 15.3. The molecule has 0 N–H and O–H groups in total. The van der Waals surface area contributed by atoms with Crippen LogP contribution in [0.15, 0.2) is 24.3 Å². The molecule has 7 nitrogen and oxygen atoms in total. The number of carbonyl (C=O) groups excluding carboxylic acids is 2. The van der Waals surface area contributed by atoms with Crippen molar-refractivity contribution in [2.75, 3.05) is 18.6 Å². The van der Waals surface area contributed by atoms with Crippen LogP contribution in [0.25, 0.3) is 0 Å². The van der Waals surface area contributed by atoms with Crippen LogP contribution in [0.2, 0.25) is 0 Å². The molecular weight excluding hydrogens is 264 g/mol. The minimum atomic E-state index is -0.580. The van der Waals surface area contributed by atoms with Gasteiger partial charge in [0.15, 0.2) is 0 Å². The third kappa shape index (κ3) is 3.53. The molecule has 20 heavy (non-hydrogen) atoms. The normalized spacial score (nSPS) is 11.6. The van der Waals surface area contributed by atoms with Crippen LogP contribution in [-0.2, 0) is 14.3 Å². The summed E-state index contributed by atoms with van der Waals surface area (Å²) < 4.78 is 4.60. The number of para-hydroxylation sites is 2. The third-order valence-corrected chi connectivity index (χ3v) is 2.81. The number of nitro groups is 1. The summed E-state index contributed by atoms with van der Waals surface area (Å²) in [5.41, 5.74) is -0.0134. The van der Waals surface area contributed by atoms with Gasteiger partial charge in [-0.05, 0) is 6.07 Å². The van der Waals surface area contributed by atoms with E-state index in [9.17, 15) is 19.7 Å². The van der Waals surface area contributed by atoms with E-state index in [2.05, 4.69) is 4.74 Å². The Morgan fingerprint density at radius 2 is 2.00 bits per heavy atom. The van der Waals surface area contributed by atoms with Crippen LogP contribution in [0.3, 0.4) is 0 Å². The lowest BCUT2D eigenvalue weighted by atomic mass is 10.1. The van der Waals surface area contributed by atoms with Crippen molar-refractivity contribution in [2.45, 2.75) is 13.8 Å². The molecule has 0 radical (unpaired) electrons. The smallest absolute Gasteiger partial charge is 0.310 e. The summed E-state index contributed by atoms with van der Waals surface area (Å²) in [6, 6.07) is 5.91. The first-order chi connectivity index (χ1) is 9.38. The molecule has 1 aromatic carbocycles. The van der Waals surface area contributed by atoms with Crippen LogP contribution in [0.4, 0.5) is 11.4 Å². The van der Waals surface area contributed by atoms with Crippen molar-refractivity contribution in [2.24, 2.45) is 5.92 Å². The van der Waals surface area contributed by atoms with Crippen LogP contribution in [0, 0.1) is 16.0 Å². The summed E-state index contributed by atoms with van der Waals surface area (Å²) in [6.45, 7) is 2.91. The predicted octanol–water partition coefficient (Wildman–Crippen LogP) is 1.76. The van der Waals surface area contributed by atoms with Crippen LogP contribution >= 0.6 is 0 Å². The van der Waals surface area contributed by atoms with E-state index in [0.717, 1.165) is 0 Å². The number of hydrogen-bond acceptors (Lipinski definition) is 5. The number of nitrogens with zero attached hydrogens (tertiary/aromatic N) is 2. The van der Waals surface area contributed by atoms with Crippen molar-refractivity contribution in [3.05, 3.63) is 34.4 Å². The van der Waals surface area contributed by atoms with Crippen molar-refractivity contribution in [1.82, 2.24) is 0 Å². The molecule has 0 bridgehead atoms. The van der Waals surface area contributed by atoms with Gasteiger partial charge in [0.25, 0.3) is 5.69 Å². The average Bonchev–Trinajstić information content (AvgIpc) is 2.43. The second-order valence-corrected chi connectivity index (χ2v) is 4.30. The fourth-order valence-corrected chi connectivity index (χ4v) is 1.79. The van der Waals surface area contributed by atoms with Crippen molar-refractivity contribution in [1.29, 1.82) is 0 Å². The quantitative estimate of drug-likeness (QED) is 0.465. The first-order valence-electron chi connectivity index (χ1n) is 5.97. The number of esters is 1. The monoisotopic (exact) mass is 280 g/mol. The van der Waals surface area contributed by atoms with Crippen LogP contribution < -0.4 is 4.90 Å². The number of methoxy groups -OCH3 is 1. The maximum absolute atomic E-state index is 11.7. The third-order valence-electron chi connectivity index (χ3n) is 2.81. The van der Waals surface area contributed by atoms with Gasteiger partial charge in [-0.3, -0.25) is 19.7 Å². The maximum atomic E-state index is 11.7. The van der Waals surface area contributed by atoms with Crippen molar-refractivity contribution in [3.63, 3.8) is 0 Å². The van der Waals surface area contributed by atoms with Crippen LogP contribution in [-0.4, -0.2) is 30.5 Å². The molecule has 1 atom stereocenters. The van der Waals surface area contributed by atoms with Gasteiger partial charge < -0.3 is 9.64 Å². The number of nitro benzene ring substituents is 1. The van der Waals surface area contributed by atoms with Gasteiger partial charge in [-0.25, -0.2) is 0 Å². The zero-order valence-corrected chi connectivity index (χ0v) is 11.5. The lowest BCUT2D eigenvalue weighted by Gasteiger charge is -2.23. The second kappa shape index (κ2) is 6.65. The van der Waals surface area contributed by atoms with Gasteiger partial charge in [-0.1, -0.05) is 19.1 Å². The molecule has 7 heteroatoms. The summed E-state index contributed by atoms with van der Waals surface area (Å²) in [5, 5.41) is 11.0. The molecule has 0 spiro atoms. The van der Waals surface area contributed by atoms with E-state index in [-0.39, 0.29) is 23.8 Å². The SMILES string of the molecule is COC(=O)C(C)CN(C(C)=O)c1ccccc1[N+](=O)[O-]. The molecule has 0 aliphatic carbocycles. The highest BCUT2D eigenvalue weighted by Crippen LogP contribution is 2.28. The Hall–Kier alpha value is -2.44. The van der Waals surface area contributed by atoms with Gasteiger partial charge in [0.1, 0.15) is 5.69 Å². The van der Waals surface area contributed by atoms with Crippen molar-refractivity contribution in [3.8, 4) is 0 Å². The standard InChI is InChI=1S/C13H16N2O5/c1-9(13(17)20-3)8-14(10(2)16)11-6-4-5-7-12(11)15(18)19/h4-7,9H,8H2,1-3H3. The van der Waals surface area contributed by atoms with E-state index < -0.39 is 16.8 Å². The first kappa shape index (κ1) is 15.6. The Labute approximate surface area is 116 Å². The molecule has 0 saturated heterocycles. The van der Waals surface area contributed by atoms with Gasteiger partial charge in [-0.2, -0.15) is 0 Å². The number of rotatable bonds is 5. The van der Waals surface area contributed by atoms with E-state index in [4.69, 9.17) is 0 Å². The van der Waals surface area contributed by atoms with E-state index >= 15 is 0 Å². The molecule has 0 aliphatic rings. The molecule has 0 fully saturated rings. The van der Waals surface area contributed by atoms with E-state index in [1.54, 1.807) is 13.0 Å². The molecule has 1 aromatic rings. The Bertz CT molecular complexity index is 529. The number of hydrogen-bond donors (Lipinski definition) is 0. The number of carbonyl (C=O) groups is 2. The van der Waals surface area contributed by atoms with Crippen LogP contribution in [0.1, 0.15) is 13.8 Å². The summed E-state index contributed by atoms with van der Waals surface area (Å²) in [6.07, 6.45) is 0. The minimum Gasteiger partial charge on any atom is -0.469 e. The van der Waals surface area contributed by atoms with Crippen LogP contribution in [0.5, 0.6) is 0 Å². The molecule has 1 unspecified atom stereocenters. The molecule has 0 aliphatic heterocycles.